The number of ketones is 1. The first-order chi connectivity index (χ1) is 16.6. The maximum Gasteiger partial charge on any atom is 0.247 e. The Hall–Kier alpha value is -3.84. The first-order valence-electron chi connectivity index (χ1n) is 11.3. The van der Waals surface area contributed by atoms with Crippen LogP contribution in [0.2, 0.25) is 0 Å². The topological polar surface area (TPSA) is 62.5 Å². The zero-order valence-electron chi connectivity index (χ0n) is 18.9. The van der Waals surface area contributed by atoms with Crippen molar-refractivity contribution in [3.05, 3.63) is 102 Å². The maximum absolute atomic E-state index is 14.9. The van der Waals surface area contributed by atoms with Gasteiger partial charge in [0, 0.05) is 48.6 Å². The van der Waals surface area contributed by atoms with Crippen LogP contribution in [0.1, 0.15) is 34.8 Å². The Labute approximate surface area is 197 Å². The van der Waals surface area contributed by atoms with Crippen molar-refractivity contribution in [1.29, 1.82) is 0 Å². The van der Waals surface area contributed by atoms with Gasteiger partial charge in [-0.2, -0.15) is 0 Å². The second-order valence-electron chi connectivity index (χ2n) is 8.36. The van der Waals surface area contributed by atoms with E-state index in [9.17, 15) is 9.18 Å². The van der Waals surface area contributed by atoms with Crippen LogP contribution in [-0.4, -0.2) is 47.1 Å². The number of anilines is 1. The second kappa shape index (κ2) is 9.57. The van der Waals surface area contributed by atoms with E-state index in [0.717, 1.165) is 24.3 Å². The monoisotopic (exact) mass is 456 g/mol. The molecule has 0 saturated carbocycles. The first-order valence-corrected chi connectivity index (χ1v) is 11.3. The SMILES string of the molecule is CC(=O)c1ccc(N2CCN([C@H](c3nnc(-c4ccccc4)o3)c3ccccc3F)CC2)cc1. The number of hydrogen-bond acceptors (Lipinski definition) is 6. The molecule has 3 aromatic carbocycles. The Balaban J connectivity index is 1.39. The van der Waals surface area contributed by atoms with Gasteiger partial charge in [0.25, 0.3) is 0 Å². The summed E-state index contributed by atoms with van der Waals surface area (Å²) in [7, 11) is 0. The summed E-state index contributed by atoms with van der Waals surface area (Å²) in [6.07, 6.45) is 0. The van der Waals surface area contributed by atoms with Crippen molar-refractivity contribution < 1.29 is 13.6 Å². The van der Waals surface area contributed by atoms with Gasteiger partial charge in [-0.05, 0) is 49.4 Å². The largest absolute Gasteiger partial charge is 0.419 e. The Morgan fingerprint density at radius 3 is 2.24 bits per heavy atom. The number of hydrogen-bond donors (Lipinski definition) is 0. The highest BCUT2D eigenvalue weighted by Gasteiger charge is 2.32. The van der Waals surface area contributed by atoms with Gasteiger partial charge in [0.2, 0.25) is 11.8 Å². The zero-order valence-corrected chi connectivity index (χ0v) is 18.9. The summed E-state index contributed by atoms with van der Waals surface area (Å²) >= 11 is 0. The van der Waals surface area contributed by atoms with Crippen LogP contribution in [0.15, 0.2) is 83.3 Å². The number of Topliss-reactive ketones (excluding diaryl/α,β-unsaturated/α-hetero) is 1. The highest BCUT2D eigenvalue weighted by Crippen LogP contribution is 2.33. The third kappa shape index (κ3) is 4.47. The standard InChI is InChI=1S/C27H25FN4O2/c1-19(33)20-11-13-22(14-12-20)31-15-17-32(18-16-31)25(23-9-5-6-10-24(23)28)27-30-29-26(34-27)21-7-3-2-4-8-21/h2-14,25H,15-18H2,1H3/t25-/m0/s1. The summed E-state index contributed by atoms with van der Waals surface area (Å²) in [5.74, 6) is 0.553. The average Bonchev–Trinajstić information content (AvgIpc) is 3.36. The van der Waals surface area contributed by atoms with Crippen molar-refractivity contribution in [2.45, 2.75) is 13.0 Å². The van der Waals surface area contributed by atoms with Gasteiger partial charge >= 0.3 is 0 Å². The number of aromatic nitrogens is 2. The van der Waals surface area contributed by atoms with E-state index in [1.165, 1.54) is 6.07 Å². The molecule has 0 aliphatic carbocycles. The summed E-state index contributed by atoms with van der Waals surface area (Å²) in [6.45, 7) is 4.46. The minimum atomic E-state index is -0.478. The second-order valence-corrected chi connectivity index (χ2v) is 8.36. The Kier molecular flexibility index (Phi) is 6.18. The van der Waals surface area contributed by atoms with Crippen molar-refractivity contribution >= 4 is 11.5 Å². The Morgan fingerprint density at radius 1 is 0.882 bits per heavy atom. The molecule has 0 radical (unpaired) electrons. The zero-order chi connectivity index (χ0) is 23.5. The molecule has 172 valence electrons. The Morgan fingerprint density at radius 2 is 1.56 bits per heavy atom. The lowest BCUT2D eigenvalue weighted by Crippen LogP contribution is -2.48. The smallest absolute Gasteiger partial charge is 0.247 e. The van der Waals surface area contributed by atoms with Crippen LogP contribution < -0.4 is 4.90 Å². The predicted octanol–water partition coefficient (Wildman–Crippen LogP) is 4.99. The van der Waals surface area contributed by atoms with Gasteiger partial charge in [0.1, 0.15) is 11.9 Å². The molecule has 0 bridgehead atoms. The maximum atomic E-state index is 14.9. The van der Waals surface area contributed by atoms with Crippen molar-refractivity contribution in [2.75, 3.05) is 31.1 Å². The summed E-state index contributed by atoms with van der Waals surface area (Å²) < 4.78 is 21.0. The molecule has 6 nitrogen and oxygen atoms in total. The molecule has 1 aliphatic heterocycles. The molecule has 4 aromatic rings. The number of piperazine rings is 1. The molecule has 0 N–H and O–H groups in total. The van der Waals surface area contributed by atoms with Crippen LogP contribution in [-0.2, 0) is 0 Å². The fraction of sp³-hybridized carbons (Fsp3) is 0.222. The molecule has 0 amide bonds. The van der Waals surface area contributed by atoms with Gasteiger partial charge in [0.15, 0.2) is 5.78 Å². The van der Waals surface area contributed by atoms with E-state index in [1.807, 2.05) is 60.7 Å². The number of carbonyl (C=O) groups excluding carboxylic acids is 1. The molecule has 1 aromatic heterocycles. The molecule has 5 rings (SSSR count). The van der Waals surface area contributed by atoms with E-state index in [4.69, 9.17) is 4.42 Å². The van der Waals surface area contributed by atoms with Crippen LogP contribution in [0.5, 0.6) is 0 Å². The number of halogens is 1. The van der Waals surface area contributed by atoms with Gasteiger partial charge in [-0.15, -0.1) is 10.2 Å². The summed E-state index contributed by atoms with van der Waals surface area (Å²) in [4.78, 5) is 16.0. The van der Waals surface area contributed by atoms with Gasteiger partial charge in [-0.3, -0.25) is 9.69 Å². The molecule has 1 aliphatic rings. The molecule has 0 spiro atoms. The fourth-order valence-electron chi connectivity index (χ4n) is 4.37. The van der Waals surface area contributed by atoms with Crippen LogP contribution in [0.3, 0.4) is 0 Å². The molecule has 2 heterocycles. The average molecular weight is 457 g/mol. The van der Waals surface area contributed by atoms with Gasteiger partial charge in [0.05, 0.1) is 0 Å². The fourth-order valence-corrected chi connectivity index (χ4v) is 4.37. The Bertz CT molecular complexity index is 1270. The van der Waals surface area contributed by atoms with Gasteiger partial charge in [-0.25, -0.2) is 4.39 Å². The van der Waals surface area contributed by atoms with Crippen molar-refractivity contribution in [3.8, 4) is 11.5 Å². The third-order valence-electron chi connectivity index (χ3n) is 6.21. The van der Waals surface area contributed by atoms with Crippen molar-refractivity contribution in [2.24, 2.45) is 0 Å². The minimum absolute atomic E-state index is 0.0542. The van der Waals surface area contributed by atoms with E-state index >= 15 is 0 Å². The molecule has 7 heteroatoms. The molecule has 34 heavy (non-hydrogen) atoms. The third-order valence-corrected chi connectivity index (χ3v) is 6.21. The van der Waals surface area contributed by atoms with Crippen LogP contribution in [0.4, 0.5) is 10.1 Å². The number of carbonyl (C=O) groups is 1. The van der Waals surface area contributed by atoms with Crippen LogP contribution >= 0.6 is 0 Å². The number of nitrogens with zero attached hydrogens (tertiary/aromatic N) is 4. The first kappa shape index (κ1) is 22.0. The van der Waals surface area contributed by atoms with E-state index in [0.29, 0.717) is 36.0 Å². The molecular weight excluding hydrogens is 431 g/mol. The summed E-state index contributed by atoms with van der Waals surface area (Å²) in [5, 5.41) is 8.56. The lowest BCUT2D eigenvalue weighted by Gasteiger charge is -2.39. The van der Waals surface area contributed by atoms with E-state index < -0.39 is 6.04 Å². The lowest BCUT2D eigenvalue weighted by molar-refractivity contribution is 0.101. The highest BCUT2D eigenvalue weighted by atomic mass is 19.1. The molecule has 1 atom stereocenters. The van der Waals surface area contributed by atoms with Crippen molar-refractivity contribution in [1.82, 2.24) is 15.1 Å². The molecule has 1 saturated heterocycles. The van der Waals surface area contributed by atoms with Crippen LogP contribution in [0, 0.1) is 5.82 Å². The van der Waals surface area contributed by atoms with Gasteiger partial charge in [-0.1, -0.05) is 36.4 Å². The molecular formula is C27H25FN4O2. The van der Waals surface area contributed by atoms with E-state index in [2.05, 4.69) is 20.0 Å². The van der Waals surface area contributed by atoms with Crippen molar-refractivity contribution in [3.63, 3.8) is 0 Å². The predicted molar refractivity (Wildman–Crippen MR) is 128 cm³/mol. The quantitative estimate of drug-likeness (QED) is 0.381. The van der Waals surface area contributed by atoms with Gasteiger partial charge < -0.3 is 9.32 Å². The summed E-state index contributed by atoms with van der Waals surface area (Å²) in [6, 6.07) is 23.5. The summed E-state index contributed by atoms with van der Waals surface area (Å²) in [5.41, 5.74) is 3.11. The normalized spacial score (nSPS) is 15.3. The van der Waals surface area contributed by atoms with Crippen LogP contribution in [0.25, 0.3) is 11.5 Å². The minimum Gasteiger partial charge on any atom is -0.419 e. The van der Waals surface area contributed by atoms with E-state index in [1.54, 1.807) is 19.1 Å². The lowest BCUT2D eigenvalue weighted by atomic mass is 10.0. The number of benzene rings is 3. The number of rotatable bonds is 6. The highest BCUT2D eigenvalue weighted by molar-refractivity contribution is 5.94. The molecule has 0 unspecified atom stereocenters. The molecule has 1 fully saturated rings. The van der Waals surface area contributed by atoms with E-state index in [-0.39, 0.29) is 11.6 Å².